The predicted molar refractivity (Wildman–Crippen MR) is 71.9 cm³/mol. The second kappa shape index (κ2) is 6.02. The van der Waals surface area contributed by atoms with Gasteiger partial charge in [-0.05, 0) is 30.5 Å². The maximum absolute atomic E-state index is 11.7. The highest BCUT2D eigenvalue weighted by Crippen LogP contribution is 2.26. The van der Waals surface area contributed by atoms with Gasteiger partial charge in [0, 0.05) is 4.47 Å². The van der Waals surface area contributed by atoms with Gasteiger partial charge in [-0.3, -0.25) is 4.79 Å². The number of rotatable bonds is 4. The summed E-state index contributed by atoms with van der Waals surface area (Å²) in [5.41, 5.74) is 6.11. The molecule has 0 aromatic heterocycles. The molecule has 4 nitrogen and oxygen atoms in total. The zero-order valence-corrected chi connectivity index (χ0v) is 11.5. The number of nitrogens with one attached hydrogen (secondary N) is 1. The van der Waals surface area contributed by atoms with Crippen LogP contribution in [0.15, 0.2) is 22.7 Å². The van der Waals surface area contributed by atoms with E-state index >= 15 is 0 Å². The number of benzene rings is 1. The third kappa shape index (κ3) is 4.36. The Balaban J connectivity index is 2.70. The first-order valence-electron chi connectivity index (χ1n) is 5.45. The van der Waals surface area contributed by atoms with E-state index in [2.05, 4.69) is 21.2 Å². The van der Waals surface area contributed by atoms with E-state index in [1.54, 1.807) is 12.1 Å². The van der Waals surface area contributed by atoms with Crippen LogP contribution >= 0.6 is 15.9 Å². The number of hydrogen-bond acceptors (Lipinski definition) is 3. The van der Waals surface area contributed by atoms with Gasteiger partial charge in [-0.25, -0.2) is 0 Å². The summed E-state index contributed by atoms with van der Waals surface area (Å²) in [4.78, 5) is 11.7. The number of halogens is 1. The Kier molecular flexibility index (Phi) is 4.96. The molecule has 0 saturated heterocycles. The Hall–Kier alpha value is -1.07. The van der Waals surface area contributed by atoms with Crippen LogP contribution in [0.4, 0.5) is 5.69 Å². The number of phenols is 1. The van der Waals surface area contributed by atoms with Gasteiger partial charge in [0.1, 0.15) is 5.75 Å². The van der Waals surface area contributed by atoms with Crippen molar-refractivity contribution in [2.75, 3.05) is 5.32 Å². The molecule has 1 atom stereocenters. The van der Waals surface area contributed by atoms with E-state index in [-0.39, 0.29) is 11.7 Å². The minimum Gasteiger partial charge on any atom is -0.506 e. The van der Waals surface area contributed by atoms with Crippen LogP contribution in [0.2, 0.25) is 0 Å². The van der Waals surface area contributed by atoms with Crippen LogP contribution in [0.5, 0.6) is 5.75 Å². The standard InChI is InChI=1S/C12H17BrN2O2/c1-7(2)5-9(14)12(17)15-10-6-8(13)3-4-11(10)16/h3-4,6-7,9,16H,5,14H2,1-2H3,(H,15,17)/t9-/m0/s1. The van der Waals surface area contributed by atoms with E-state index in [0.717, 1.165) is 4.47 Å². The van der Waals surface area contributed by atoms with E-state index in [9.17, 15) is 9.90 Å². The second-order valence-corrected chi connectivity index (χ2v) is 5.30. The van der Waals surface area contributed by atoms with Crippen molar-refractivity contribution in [1.29, 1.82) is 0 Å². The van der Waals surface area contributed by atoms with Gasteiger partial charge in [-0.15, -0.1) is 0 Å². The van der Waals surface area contributed by atoms with E-state index in [1.165, 1.54) is 6.07 Å². The molecule has 0 fully saturated rings. The van der Waals surface area contributed by atoms with Gasteiger partial charge in [-0.2, -0.15) is 0 Å². The molecule has 0 unspecified atom stereocenters. The molecule has 4 N–H and O–H groups in total. The summed E-state index contributed by atoms with van der Waals surface area (Å²) in [5, 5.41) is 12.2. The Labute approximate surface area is 109 Å². The molecule has 0 radical (unpaired) electrons. The van der Waals surface area contributed by atoms with Gasteiger partial charge < -0.3 is 16.2 Å². The molecule has 0 saturated carbocycles. The van der Waals surface area contributed by atoms with Crippen LogP contribution in [-0.4, -0.2) is 17.1 Å². The molecule has 5 heteroatoms. The SMILES string of the molecule is CC(C)C[C@H](N)C(=O)Nc1cc(Br)ccc1O. The normalized spacial score (nSPS) is 12.5. The summed E-state index contributed by atoms with van der Waals surface area (Å²) in [6.45, 7) is 4.01. The van der Waals surface area contributed by atoms with Crippen molar-refractivity contribution in [2.45, 2.75) is 26.3 Å². The van der Waals surface area contributed by atoms with Crippen LogP contribution in [0.25, 0.3) is 0 Å². The lowest BCUT2D eigenvalue weighted by atomic mass is 10.0. The summed E-state index contributed by atoms with van der Waals surface area (Å²) in [7, 11) is 0. The van der Waals surface area contributed by atoms with Crippen molar-refractivity contribution in [3.05, 3.63) is 22.7 Å². The number of hydrogen-bond donors (Lipinski definition) is 3. The first-order chi connectivity index (χ1) is 7.90. The van der Waals surface area contributed by atoms with Crippen molar-refractivity contribution in [2.24, 2.45) is 11.7 Å². The van der Waals surface area contributed by atoms with Crippen molar-refractivity contribution < 1.29 is 9.90 Å². The molecular formula is C12H17BrN2O2. The van der Waals surface area contributed by atoms with E-state index < -0.39 is 6.04 Å². The zero-order chi connectivity index (χ0) is 13.0. The van der Waals surface area contributed by atoms with Crippen LogP contribution in [-0.2, 0) is 4.79 Å². The summed E-state index contributed by atoms with van der Waals surface area (Å²) < 4.78 is 0.781. The fourth-order valence-electron chi connectivity index (χ4n) is 1.45. The highest BCUT2D eigenvalue weighted by molar-refractivity contribution is 9.10. The Morgan fingerprint density at radius 2 is 2.18 bits per heavy atom. The molecule has 1 rings (SSSR count). The van der Waals surface area contributed by atoms with E-state index in [1.807, 2.05) is 13.8 Å². The van der Waals surface area contributed by atoms with Crippen LogP contribution in [0.1, 0.15) is 20.3 Å². The average molecular weight is 301 g/mol. The average Bonchev–Trinajstić information content (AvgIpc) is 2.22. The Morgan fingerprint density at radius 3 is 2.76 bits per heavy atom. The molecule has 0 heterocycles. The van der Waals surface area contributed by atoms with Crippen LogP contribution < -0.4 is 11.1 Å². The first kappa shape index (κ1) is 14.0. The minimum atomic E-state index is -0.562. The van der Waals surface area contributed by atoms with Crippen molar-refractivity contribution in [1.82, 2.24) is 0 Å². The van der Waals surface area contributed by atoms with E-state index in [4.69, 9.17) is 5.73 Å². The molecular weight excluding hydrogens is 284 g/mol. The molecule has 0 aliphatic rings. The van der Waals surface area contributed by atoms with Gasteiger partial charge in [0.25, 0.3) is 0 Å². The maximum Gasteiger partial charge on any atom is 0.241 e. The third-order valence-electron chi connectivity index (χ3n) is 2.28. The monoisotopic (exact) mass is 300 g/mol. The van der Waals surface area contributed by atoms with Gasteiger partial charge in [0.05, 0.1) is 11.7 Å². The molecule has 1 amide bonds. The van der Waals surface area contributed by atoms with Crippen molar-refractivity contribution in [3.63, 3.8) is 0 Å². The van der Waals surface area contributed by atoms with Gasteiger partial charge in [0.2, 0.25) is 5.91 Å². The molecule has 94 valence electrons. The van der Waals surface area contributed by atoms with Crippen LogP contribution in [0, 0.1) is 5.92 Å². The lowest BCUT2D eigenvalue weighted by Crippen LogP contribution is -2.36. The maximum atomic E-state index is 11.7. The van der Waals surface area contributed by atoms with Crippen molar-refractivity contribution in [3.8, 4) is 5.75 Å². The topological polar surface area (TPSA) is 75.4 Å². The number of aromatic hydroxyl groups is 1. The first-order valence-corrected chi connectivity index (χ1v) is 6.24. The number of amides is 1. The number of nitrogens with two attached hydrogens (primary N) is 1. The van der Waals surface area contributed by atoms with Gasteiger partial charge in [0.15, 0.2) is 0 Å². The second-order valence-electron chi connectivity index (χ2n) is 4.39. The summed E-state index contributed by atoms with van der Waals surface area (Å²) in [6, 6.07) is 4.27. The quantitative estimate of drug-likeness (QED) is 0.748. The lowest BCUT2D eigenvalue weighted by molar-refractivity contribution is -0.117. The number of carbonyl (C=O) groups is 1. The Bertz CT molecular complexity index is 407. The molecule has 0 aliphatic carbocycles. The molecule has 0 aliphatic heterocycles. The van der Waals surface area contributed by atoms with Gasteiger partial charge in [-0.1, -0.05) is 29.8 Å². The fourth-order valence-corrected chi connectivity index (χ4v) is 1.81. The molecule has 1 aromatic rings. The summed E-state index contributed by atoms with van der Waals surface area (Å²) in [5.74, 6) is 0.0947. The zero-order valence-electron chi connectivity index (χ0n) is 9.90. The number of phenolic OH excluding ortho intramolecular Hbond substituents is 1. The predicted octanol–water partition coefficient (Wildman–Crippen LogP) is 2.47. The lowest BCUT2D eigenvalue weighted by Gasteiger charge is -2.14. The largest absolute Gasteiger partial charge is 0.506 e. The molecule has 0 spiro atoms. The van der Waals surface area contributed by atoms with Crippen molar-refractivity contribution >= 4 is 27.5 Å². The number of carbonyl (C=O) groups excluding carboxylic acids is 1. The fraction of sp³-hybridized carbons (Fsp3) is 0.417. The molecule has 17 heavy (non-hydrogen) atoms. The van der Waals surface area contributed by atoms with Crippen LogP contribution in [0.3, 0.4) is 0 Å². The third-order valence-corrected chi connectivity index (χ3v) is 2.77. The minimum absolute atomic E-state index is 0.0262. The smallest absolute Gasteiger partial charge is 0.241 e. The highest BCUT2D eigenvalue weighted by atomic mass is 79.9. The summed E-state index contributed by atoms with van der Waals surface area (Å²) in [6.07, 6.45) is 0.612. The molecule has 0 bridgehead atoms. The van der Waals surface area contributed by atoms with Gasteiger partial charge >= 0.3 is 0 Å². The van der Waals surface area contributed by atoms with E-state index in [0.29, 0.717) is 18.0 Å². The molecule has 1 aromatic carbocycles. The summed E-state index contributed by atoms with van der Waals surface area (Å²) >= 11 is 3.27. The Morgan fingerprint density at radius 1 is 1.53 bits per heavy atom. The number of anilines is 1. The highest BCUT2D eigenvalue weighted by Gasteiger charge is 2.16.